The number of carbonyl (C=O) groups is 1. The van der Waals surface area contributed by atoms with E-state index in [0.717, 1.165) is 0 Å². The number of aliphatic hydroxyl groups excluding tert-OH is 3. The van der Waals surface area contributed by atoms with Crippen molar-refractivity contribution in [2.45, 2.75) is 24.7 Å². The number of hydrogen-bond donors (Lipinski definition) is 4. The fourth-order valence-electron chi connectivity index (χ4n) is 0.539. The topological polar surface area (TPSA) is 121 Å². The summed E-state index contributed by atoms with van der Waals surface area (Å²) in [6.45, 7) is -0.787. The molecule has 72 valence electrons. The number of carbonyl (C=O) groups excluding carboxylic acids is 1. The van der Waals surface area contributed by atoms with Crippen molar-refractivity contribution < 1.29 is 61.3 Å². The fraction of sp³-hybridized carbons (Fsp3) is 0.833. The van der Waals surface area contributed by atoms with Crippen LogP contribution in [-0.4, -0.2) is 51.3 Å². The van der Waals surface area contributed by atoms with E-state index in [1.807, 2.05) is 0 Å². The second-order valence-electron chi connectivity index (χ2n) is 2.26. The zero-order valence-corrected chi connectivity index (χ0v) is 9.17. The number of rotatable bonds is 5. The minimum atomic E-state index is -2.96. The Hall–Kier alpha value is 0.310. The zero-order valence-electron chi connectivity index (χ0n) is 8.17. The van der Waals surface area contributed by atoms with Crippen molar-refractivity contribution in [3.05, 3.63) is 0 Å². The third kappa shape index (κ3) is 6.39. The average Bonchev–Trinajstić information content (AvgIpc) is 2.01. The summed E-state index contributed by atoms with van der Waals surface area (Å²) in [4.78, 5) is 10.1. The van der Waals surface area contributed by atoms with Crippen molar-refractivity contribution in [2.75, 3.05) is 6.61 Å². The summed E-state index contributed by atoms with van der Waals surface area (Å²) in [5.74, 6) is -2.07. The van der Waals surface area contributed by atoms with E-state index in [9.17, 15) is 9.90 Å². The molecule has 0 saturated carbocycles. The minimum absolute atomic E-state index is 0. The van der Waals surface area contributed by atoms with Gasteiger partial charge in [0.05, 0.1) is 26.1 Å². The zero-order chi connectivity index (χ0) is 10.6. The molecule has 0 aliphatic rings. The molecule has 13 heavy (non-hydrogen) atoms. The number of aliphatic carboxylic acids is 1. The van der Waals surface area contributed by atoms with Crippen LogP contribution in [0.25, 0.3) is 0 Å². The van der Waals surface area contributed by atoms with Crippen LogP contribution in [-0.2, 0) is 4.79 Å². The second-order valence-corrected chi connectivity index (χ2v) is 2.26. The third-order valence-corrected chi connectivity index (χ3v) is 1.27. The first kappa shape index (κ1) is 13.3. The van der Waals surface area contributed by atoms with Crippen molar-refractivity contribution in [1.82, 2.24) is 0 Å². The summed E-state index contributed by atoms with van der Waals surface area (Å²) >= 11 is 0. The minimum Gasteiger partial charge on any atom is -0.547 e. The number of aliphatic hydroxyl groups is 4. The van der Waals surface area contributed by atoms with Crippen molar-refractivity contribution in [3.8, 4) is 0 Å². The van der Waals surface area contributed by atoms with E-state index in [1.165, 1.54) is 0 Å². The molecule has 0 aliphatic carbocycles. The number of carboxylic acids is 1. The molecule has 0 aliphatic heterocycles. The summed E-state index contributed by atoms with van der Waals surface area (Å²) < 4.78 is 6.72. The smallest absolute Gasteiger partial charge is 0.547 e. The monoisotopic (exact) mass is 203 g/mol. The molecule has 0 amide bonds. The predicted octanol–water partition coefficient (Wildman–Crippen LogP) is -6.79. The number of carboxylic acid groups (broad SMARTS) is 1. The van der Waals surface area contributed by atoms with Crippen LogP contribution in [0.1, 0.15) is 7.79 Å². The average molecular weight is 203 g/mol. The molecular weight excluding hydrogens is 191 g/mol. The van der Waals surface area contributed by atoms with Gasteiger partial charge in [-0.2, -0.15) is 0 Å². The summed E-state index contributed by atoms with van der Waals surface area (Å²) in [5, 5.41) is 44.8. The van der Waals surface area contributed by atoms with Crippen LogP contribution in [0.5, 0.6) is 0 Å². The number of hydrogen-bond acceptors (Lipinski definition) is 6. The molecule has 0 bridgehead atoms. The van der Waals surface area contributed by atoms with Crippen LogP contribution < -0.4 is 34.7 Å². The molecule has 3 atom stereocenters. The van der Waals surface area contributed by atoms with Crippen LogP contribution in [0.4, 0.5) is 0 Å². The second kappa shape index (κ2) is 7.69. The summed E-state index contributed by atoms with van der Waals surface area (Å²) in [6, 6.07) is 0. The quantitative estimate of drug-likeness (QED) is 0.329. The van der Waals surface area contributed by atoms with Gasteiger partial charge < -0.3 is 30.3 Å². The summed E-state index contributed by atoms with van der Waals surface area (Å²) in [5.41, 5.74) is 0. The van der Waals surface area contributed by atoms with Gasteiger partial charge in [0.25, 0.3) is 0 Å². The Morgan fingerprint density at radius 1 is 1.38 bits per heavy atom. The maximum atomic E-state index is 10.1. The van der Waals surface area contributed by atoms with Crippen LogP contribution in [0.3, 0.4) is 0 Å². The molecule has 0 fully saturated rings. The van der Waals surface area contributed by atoms with Gasteiger partial charge in [-0.3, -0.25) is 0 Å². The molecule has 0 aromatic rings. The normalized spacial score (nSPS) is 20.5. The van der Waals surface area contributed by atoms with Crippen molar-refractivity contribution in [3.63, 3.8) is 0 Å². The Kier molecular flexibility index (Phi) is 7.87. The molecule has 0 heterocycles. The maximum Gasteiger partial charge on any atom is 1.00 e. The van der Waals surface area contributed by atoms with Crippen molar-refractivity contribution in [1.29, 1.82) is 0 Å². The molecule has 6 nitrogen and oxygen atoms in total. The van der Waals surface area contributed by atoms with E-state index in [2.05, 4.69) is 0 Å². The SMILES string of the molecule is [2H][C@@](O)(C[C@H](O)[C@H](O)CO)C(=O)[O-].[Na+]. The predicted molar refractivity (Wildman–Crippen MR) is 34.7 cm³/mol. The van der Waals surface area contributed by atoms with Gasteiger partial charge in [-0.15, -0.1) is 0 Å². The van der Waals surface area contributed by atoms with Crippen molar-refractivity contribution >= 4 is 5.97 Å². The molecule has 0 aromatic carbocycles. The molecule has 0 saturated heterocycles. The Morgan fingerprint density at radius 2 is 1.85 bits per heavy atom. The molecular formula is C6H11NaO6. The van der Waals surface area contributed by atoms with E-state index in [0.29, 0.717) is 0 Å². The molecule has 7 heteroatoms. The van der Waals surface area contributed by atoms with Crippen LogP contribution >= 0.6 is 0 Å². The van der Waals surface area contributed by atoms with E-state index in [1.54, 1.807) is 0 Å². The van der Waals surface area contributed by atoms with Gasteiger partial charge in [0.2, 0.25) is 0 Å². The molecule has 0 unspecified atom stereocenters. The largest absolute Gasteiger partial charge is 1.00 e. The Labute approximate surface area is 98.5 Å². The van der Waals surface area contributed by atoms with Crippen LogP contribution in [0.2, 0.25) is 0 Å². The van der Waals surface area contributed by atoms with Gasteiger partial charge in [-0.1, -0.05) is 0 Å². The van der Waals surface area contributed by atoms with Gasteiger partial charge in [0, 0.05) is 6.42 Å². The van der Waals surface area contributed by atoms with E-state index < -0.39 is 37.3 Å². The molecule has 0 aromatic heterocycles. The summed E-state index contributed by atoms with van der Waals surface area (Å²) in [7, 11) is 0. The van der Waals surface area contributed by atoms with E-state index >= 15 is 0 Å². The standard InChI is InChI=1S/C6H12O6.Na/c7-2-5(10)3(8)1-4(9)6(11)12;/h3-5,7-10H,1-2H2,(H,11,12);/q;+1/p-1/t3-,4+,5+;/m0./s1/i4D;. The Balaban J connectivity index is 0. The van der Waals surface area contributed by atoms with E-state index in [4.69, 9.17) is 21.8 Å². The van der Waals surface area contributed by atoms with Gasteiger partial charge in [0.1, 0.15) is 6.10 Å². The van der Waals surface area contributed by atoms with Crippen LogP contribution in [0.15, 0.2) is 0 Å². The Bertz CT molecular complexity index is 187. The van der Waals surface area contributed by atoms with Gasteiger partial charge in [0.15, 0.2) is 0 Å². The molecule has 0 rings (SSSR count). The first-order valence-electron chi connectivity index (χ1n) is 3.72. The van der Waals surface area contributed by atoms with Crippen molar-refractivity contribution in [2.24, 2.45) is 0 Å². The summed E-state index contributed by atoms with van der Waals surface area (Å²) in [6.07, 6.45) is -7.17. The van der Waals surface area contributed by atoms with Gasteiger partial charge in [-0.25, -0.2) is 0 Å². The third-order valence-electron chi connectivity index (χ3n) is 1.27. The first-order chi connectivity index (χ1) is 5.81. The molecule has 0 spiro atoms. The molecule has 0 radical (unpaired) electrons. The Morgan fingerprint density at radius 3 is 2.15 bits per heavy atom. The first-order valence-corrected chi connectivity index (χ1v) is 3.22. The van der Waals surface area contributed by atoms with Gasteiger partial charge in [-0.05, 0) is 0 Å². The van der Waals surface area contributed by atoms with Gasteiger partial charge >= 0.3 is 29.6 Å². The fourth-order valence-corrected chi connectivity index (χ4v) is 0.539. The maximum absolute atomic E-state index is 10.1. The molecule has 4 N–H and O–H groups in total. The van der Waals surface area contributed by atoms with E-state index in [-0.39, 0.29) is 29.6 Å². The van der Waals surface area contributed by atoms with Crippen LogP contribution in [0, 0.1) is 0 Å².